The molecular weight excluding hydrogens is 206 g/mol. The average Bonchev–Trinajstić information content (AvgIpc) is 2.55. The zero-order chi connectivity index (χ0) is 11.4. The van der Waals surface area contributed by atoms with Crippen LogP contribution in [0.3, 0.4) is 0 Å². The van der Waals surface area contributed by atoms with Gasteiger partial charge in [-0.15, -0.1) is 0 Å². The highest BCUT2D eigenvalue weighted by Gasteiger charge is 2.14. The second-order valence-electron chi connectivity index (χ2n) is 3.72. The van der Waals surface area contributed by atoms with E-state index >= 15 is 0 Å². The smallest absolute Gasteiger partial charge is 0.161 e. The van der Waals surface area contributed by atoms with E-state index in [2.05, 4.69) is 0 Å². The number of benzene rings is 1. The lowest BCUT2D eigenvalue weighted by molar-refractivity contribution is 0.110. The van der Waals surface area contributed by atoms with Crippen molar-refractivity contribution in [2.45, 2.75) is 12.5 Å². The van der Waals surface area contributed by atoms with Crippen LogP contribution in [0, 0.1) is 0 Å². The van der Waals surface area contributed by atoms with Crippen LogP contribution in [-0.2, 0) is 4.74 Å². The predicted molar refractivity (Wildman–Crippen MR) is 60.9 cm³/mol. The zero-order valence-corrected chi connectivity index (χ0v) is 9.44. The summed E-state index contributed by atoms with van der Waals surface area (Å²) in [6.07, 6.45) is 0.825. The highest BCUT2D eigenvalue weighted by Crippen LogP contribution is 2.32. The molecule has 0 aliphatic carbocycles. The molecule has 0 saturated heterocycles. The molecule has 2 N–H and O–H groups in total. The van der Waals surface area contributed by atoms with E-state index in [0.29, 0.717) is 19.8 Å². The standard InChI is InChI=1S/C12H17NO3/c1-14-12(8-13)9-3-4-10-11(7-9)16-6-2-5-15-10/h3-4,7,12H,2,5-6,8,13H2,1H3. The van der Waals surface area contributed by atoms with E-state index in [1.54, 1.807) is 7.11 Å². The summed E-state index contributed by atoms with van der Waals surface area (Å²) in [5.74, 6) is 1.58. The largest absolute Gasteiger partial charge is 0.490 e. The van der Waals surface area contributed by atoms with Gasteiger partial charge in [-0.2, -0.15) is 0 Å². The monoisotopic (exact) mass is 223 g/mol. The summed E-state index contributed by atoms with van der Waals surface area (Å²) >= 11 is 0. The molecule has 0 saturated carbocycles. The van der Waals surface area contributed by atoms with E-state index in [0.717, 1.165) is 23.5 Å². The molecule has 4 heteroatoms. The number of methoxy groups -OCH3 is 1. The highest BCUT2D eigenvalue weighted by atomic mass is 16.5. The van der Waals surface area contributed by atoms with Gasteiger partial charge in [0, 0.05) is 20.1 Å². The third-order valence-electron chi connectivity index (χ3n) is 2.64. The van der Waals surface area contributed by atoms with Gasteiger partial charge in [0.1, 0.15) is 0 Å². The highest BCUT2D eigenvalue weighted by molar-refractivity contribution is 5.44. The normalized spacial score (nSPS) is 16.6. The second kappa shape index (κ2) is 5.18. The fraction of sp³-hybridized carbons (Fsp3) is 0.500. The molecule has 1 aliphatic rings. The van der Waals surface area contributed by atoms with Gasteiger partial charge in [-0.05, 0) is 17.7 Å². The summed E-state index contributed by atoms with van der Waals surface area (Å²) in [5.41, 5.74) is 6.65. The molecule has 1 aromatic carbocycles. The van der Waals surface area contributed by atoms with Gasteiger partial charge in [0.15, 0.2) is 11.5 Å². The summed E-state index contributed by atoms with van der Waals surface area (Å²) in [6, 6.07) is 5.83. The van der Waals surface area contributed by atoms with Gasteiger partial charge < -0.3 is 19.9 Å². The van der Waals surface area contributed by atoms with Gasteiger partial charge in [0.25, 0.3) is 0 Å². The molecule has 4 nitrogen and oxygen atoms in total. The van der Waals surface area contributed by atoms with E-state index in [1.165, 1.54) is 0 Å². The van der Waals surface area contributed by atoms with Crippen molar-refractivity contribution >= 4 is 0 Å². The third kappa shape index (κ3) is 2.28. The number of rotatable bonds is 3. The number of ether oxygens (including phenoxy) is 3. The van der Waals surface area contributed by atoms with Crippen LogP contribution in [0.15, 0.2) is 18.2 Å². The van der Waals surface area contributed by atoms with Crippen molar-refractivity contribution in [3.63, 3.8) is 0 Å². The Morgan fingerprint density at radius 3 is 2.75 bits per heavy atom. The molecule has 1 aromatic rings. The van der Waals surface area contributed by atoms with Crippen LogP contribution in [0.2, 0.25) is 0 Å². The topological polar surface area (TPSA) is 53.7 Å². The van der Waals surface area contributed by atoms with Crippen LogP contribution >= 0.6 is 0 Å². The molecule has 0 amide bonds. The first kappa shape index (κ1) is 11.2. The Kier molecular flexibility index (Phi) is 3.64. The Morgan fingerprint density at radius 1 is 1.31 bits per heavy atom. The maximum Gasteiger partial charge on any atom is 0.161 e. The first-order valence-corrected chi connectivity index (χ1v) is 5.47. The second-order valence-corrected chi connectivity index (χ2v) is 3.72. The van der Waals surface area contributed by atoms with E-state index in [-0.39, 0.29) is 6.10 Å². The van der Waals surface area contributed by atoms with Gasteiger partial charge in [-0.3, -0.25) is 0 Å². The minimum absolute atomic E-state index is 0.0860. The lowest BCUT2D eigenvalue weighted by atomic mass is 10.1. The molecule has 16 heavy (non-hydrogen) atoms. The Balaban J connectivity index is 2.26. The fourth-order valence-corrected chi connectivity index (χ4v) is 1.75. The predicted octanol–water partition coefficient (Wildman–Crippen LogP) is 1.49. The molecular formula is C12H17NO3. The van der Waals surface area contributed by atoms with E-state index < -0.39 is 0 Å². The Morgan fingerprint density at radius 2 is 2.06 bits per heavy atom. The number of hydrogen-bond acceptors (Lipinski definition) is 4. The van der Waals surface area contributed by atoms with Gasteiger partial charge in [0.2, 0.25) is 0 Å². The van der Waals surface area contributed by atoms with Crippen molar-refractivity contribution < 1.29 is 14.2 Å². The van der Waals surface area contributed by atoms with Crippen molar-refractivity contribution in [2.24, 2.45) is 5.73 Å². The molecule has 0 fully saturated rings. The molecule has 0 bridgehead atoms. The number of fused-ring (bicyclic) bond motifs is 1. The maximum absolute atomic E-state index is 5.63. The Labute approximate surface area is 95.3 Å². The van der Waals surface area contributed by atoms with Crippen molar-refractivity contribution in [2.75, 3.05) is 26.9 Å². The maximum atomic E-state index is 5.63. The van der Waals surface area contributed by atoms with Crippen molar-refractivity contribution in [1.82, 2.24) is 0 Å². The third-order valence-corrected chi connectivity index (χ3v) is 2.64. The Hall–Kier alpha value is -1.26. The van der Waals surface area contributed by atoms with Crippen LogP contribution in [0.4, 0.5) is 0 Å². The lowest BCUT2D eigenvalue weighted by Gasteiger charge is -2.15. The van der Waals surface area contributed by atoms with E-state index in [9.17, 15) is 0 Å². The zero-order valence-electron chi connectivity index (χ0n) is 9.44. The van der Waals surface area contributed by atoms with Crippen LogP contribution < -0.4 is 15.2 Å². The van der Waals surface area contributed by atoms with Crippen LogP contribution in [0.1, 0.15) is 18.1 Å². The molecule has 0 radical (unpaired) electrons. The molecule has 1 aliphatic heterocycles. The summed E-state index contributed by atoms with van der Waals surface area (Å²) in [6.45, 7) is 1.85. The van der Waals surface area contributed by atoms with Gasteiger partial charge >= 0.3 is 0 Å². The molecule has 88 valence electrons. The molecule has 0 spiro atoms. The van der Waals surface area contributed by atoms with Gasteiger partial charge in [0.05, 0.1) is 19.3 Å². The summed E-state index contributed by atoms with van der Waals surface area (Å²) < 4.78 is 16.4. The average molecular weight is 223 g/mol. The van der Waals surface area contributed by atoms with Gasteiger partial charge in [-0.25, -0.2) is 0 Å². The number of hydrogen-bond donors (Lipinski definition) is 1. The van der Waals surface area contributed by atoms with Crippen LogP contribution in [0.25, 0.3) is 0 Å². The summed E-state index contributed by atoms with van der Waals surface area (Å²) in [7, 11) is 1.65. The molecule has 1 unspecified atom stereocenters. The minimum Gasteiger partial charge on any atom is -0.490 e. The SMILES string of the molecule is COC(CN)c1ccc2c(c1)OCCCO2. The summed E-state index contributed by atoms with van der Waals surface area (Å²) in [5, 5.41) is 0. The van der Waals surface area contributed by atoms with E-state index in [1.807, 2.05) is 18.2 Å². The van der Waals surface area contributed by atoms with Crippen molar-refractivity contribution in [3.8, 4) is 11.5 Å². The minimum atomic E-state index is -0.0860. The fourth-order valence-electron chi connectivity index (χ4n) is 1.75. The number of nitrogens with two attached hydrogens (primary N) is 1. The molecule has 2 rings (SSSR count). The first-order valence-electron chi connectivity index (χ1n) is 5.47. The molecule has 1 atom stereocenters. The first-order chi connectivity index (χ1) is 7.85. The van der Waals surface area contributed by atoms with Crippen molar-refractivity contribution in [3.05, 3.63) is 23.8 Å². The van der Waals surface area contributed by atoms with Gasteiger partial charge in [-0.1, -0.05) is 6.07 Å². The lowest BCUT2D eigenvalue weighted by Crippen LogP contribution is -2.14. The van der Waals surface area contributed by atoms with Crippen molar-refractivity contribution in [1.29, 1.82) is 0 Å². The molecule has 0 aromatic heterocycles. The van der Waals surface area contributed by atoms with Crippen LogP contribution in [0.5, 0.6) is 11.5 Å². The summed E-state index contributed by atoms with van der Waals surface area (Å²) in [4.78, 5) is 0. The van der Waals surface area contributed by atoms with E-state index in [4.69, 9.17) is 19.9 Å². The molecule has 1 heterocycles. The quantitative estimate of drug-likeness (QED) is 0.843. The Bertz CT molecular complexity index is 350. The van der Waals surface area contributed by atoms with Crippen LogP contribution in [-0.4, -0.2) is 26.9 Å².